The first-order valence-corrected chi connectivity index (χ1v) is 5.87. The Morgan fingerprint density at radius 2 is 1.77 bits per heavy atom. The molecule has 0 radical (unpaired) electrons. The Kier molecular flexibility index (Phi) is 4.24. The standard InChI is InChI=1S/C12H25N/c1-11(2)7-10-13-12(3)8-5-4-6-9-12/h11,13H,4-10H2,1-3H3. The normalized spacial score (nSPS) is 22.2. The summed E-state index contributed by atoms with van der Waals surface area (Å²) in [4.78, 5) is 0. The van der Waals surface area contributed by atoms with Gasteiger partial charge in [0.2, 0.25) is 0 Å². The third-order valence-electron chi connectivity index (χ3n) is 3.23. The number of hydrogen-bond donors (Lipinski definition) is 1. The van der Waals surface area contributed by atoms with Crippen molar-refractivity contribution in [1.82, 2.24) is 5.32 Å². The van der Waals surface area contributed by atoms with Gasteiger partial charge in [0.25, 0.3) is 0 Å². The van der Waals surface area contributed by atoms with E-state index in [2.05, 4.69) is 26.1 Å². The fourth-order valence-electron chi connectivity index (χ4n) is 2.17. The molecule has 1 heteroatoms. The van der Waals surface area contributed by atoms with Crippen molar-refractivity contribution < 1.29 is 0 Å². The van der Waals surface area contributed by atoms with Gasteiger partial charge in [0.15, 0.2) is 0 Å². The largest absolute Gasteiger partial charge is 0.312 e. The molecule has 1 N–H and O–H groups in total. The van der Waals surface area contributed by atoms with Crippen LogP contribution in [0.2, 0.25) is 0 Å². The van der Waals surface area contributed by atoms with Crippen LogP contribution >= 0.6 is 0 Å². The van der Waals surface area contributed by atoms with Crippen molar-refractivity contribution in [3.63, 3.8) is 0 Å². The predicted octanol–water partition coefficient (Wildman–Crippen LogP) is 3.34. The van der Waals surface area contributed by atoms with Crippen molar-refractivity contribution >= 4 is 0 Å². The van der Waals surface area contributed by atoms with Crippen molar-refractivity contribution in [2.24, 2.45) is 5.92 Å². The fraction of sp³-hybridized carbons (Fsp3) is 1.00. The molecule has 0 aromatic heterocycles. The molecule has 1 nitrogen and oxygen atoms in total. The van der Waals surface area contributed by atoms with Gasteiger partial charge >= 0.3 is 0 Å². The van der Waals surface area contributed by atoms with E-state index in [1.807, 2.05) is 0 Å². The van der Waals surface area contributed by atoms with Crippen molar-refractivity contribution in [2.75, 3.05) is 6.54 Å². The van der Waals surface area contributed by atoms with Gasteiger partial charge in [0.05, 0.1) is 0 Å². The highest BCUT2D eigenvalue weighted by atomic mass is 15.0. The highest BCUT2D eigenvalue weighted by Gasteiger charge is 2.25. The SMILES string of the molecule is CC(C)CCNC1(C)CCCCC1. The summed E-state index contributed by atoms with van der Waals surface area (Å²) in [5.74, 6) is 0.833. The van der Waals surface area contributed by atoms with Crippen molar-refractivity contribution in [1.29, 1.82) is 0 Å². The molecule has 13 heavy (non-hydrogen) atoms. The second-order valence-electron chi connectivity index (χ2n) is 5.23. The lowest BCUT2D eigenvalue weighted by molar-refractivity contribution is 0.250. The molecule has 1 fully saturated rings. The zero-order valence-corrected chi connectivity index (χ0v) is 9.53. The molecule has 0 aromatic carbocycles. The minimum absolute atomic E-state index is 0.465. The maximum atomic E-state index is 3.73. The lowest BCUT2D eigenvalue weighted by atomic mass is 9.83. The second-order valence-corrected chi connectivity index (χ2v) is 5.23. The topological polar surface area (TPSA) is 12.0 Å². The van der Waals surface area contributed by atoms with Crippen molar-refractivity contribution in [3.05, 3.63) is 0 Å². The zero-order chi connectivity index (χ0) is 9.73. The summed E-state index contributed by atoms with van der Waals surface area (Å²) in [6.45, 7) is 8.19. The average molecular weight is 183 g/mol. The molecule has 0 aromatic rings. The molecule has 0 aliphatic heterocycles. The summed E-state index contributed by atoms with van der Waals surface area (Å²) < 4.78 is 0. The van der Waals surface area contributed by atoms with Crippen LogP contribution in [-0.4, -0.2) is 12.1 Å². The van der Waals surface area contributed by atoms with Gasteiger partial charge in [-0.05, 0) is 38.6 Å². The first-order chi connectivity index (χ1) is 6.12. The van der Waals surface area contributed by atoms with E-state index in [9.17, 15) is 0 Å². The zero-order valence-electron chi connectivity index (χ0n) is 9.53. The summed E-state index contributed by atoms with van der Waals surface area (Å²) >= 11 is 0. The molecule has 1 aliphatic rings. The van der Waals surface area contributed by atoms with E-state index in [4.69, 9.17) is 0 Å². The fourth-order valence-corrected chi connectivity index (χ4v) is 2.17. The van der Waals surface area contributed by atoms with E-state index in [0.29, 0.717) is 5.54 Å². The van der Waals surface area contributed by atoms with Gasteiger partial charge in [-0.2, -0.15) is 0 Å². The van der Waals surface area contributed by atoms with E-state index in [-0.39, 0.29) is 0 Å². The van der Waals surface area contributed by atoms with Crippen LogP contribution in [0.5, 0.6) is 0 Å². The summed E-state index contributed by atoms with van der Waals surface area (Å²) in [6.07, 6.45) is 8.36. The van der Waals surface area contributed by atoms with E-state index in [0.717, 1.165) is 5.92 Å². The van der Waals surface area contributed by atoms with E-state index in [1.165, 1.54) is 45.1 Å². The molecule has 0 atom stereocenters. The van der Waals surface area contributed by atoms with Gasteiger partial charge < -0.3 is 5.32 Å². The lowest BCUT2D eigenvalue weighted by Gasteiger charge is -2.35. The molecule has 0 bridgehead atoms. The third kappa shape index (κ3) is 4.12. The monoisotopic (exact) mass is 183 g/mol. The van der Waals surface area contributed by atoms with Crippen LogP contribution in [0.1, 0.15) is 59.3 Å². The minimum Gasteiger partial charge on any atom is -0.312 e. The maximum Gasteiger partial charge on any atom is 0.0153 e. The van der Waals surface area contributed by atoms with Gasteiger partial charge in [-0.25, -0.2) is 0 Å². The van der Waals surface area contributed by atoms with Crippen LogP contribution in [0, 0.1) is 5.92 Å². The average Bonchev–Trinajstić information content (AvgIpc) is 2.04. The van der Waals surface area contributed by atoms with Gasteiger partial charge in [-0.15, -0.1) is 0 Å². The summed E-state index contributed by atoms with van der Waals surface area (Å²) in [6, 6.07) is 0. The third-order valence-corrected chi connectivity index (χ3v) is 3.23. The van der Waals surface area contributed by atoms with Crippen LogP contribution < -0.4 is 5.32 Å². The molecule has 78 valence electrons. The van der Waals surface area contributed by atoms with Crippen LogP contribution in [0.4, 0.5) is 0 Å². The molecule has 0 unspecified atom stereocenters. The Labute approximate surface area is 83.3 Å². The van der Waals surface area contributed by atoms with Crippen molar-refractivity contribution in [3.8, 4) is 0 Å². The van der Waals surface area contributed by atoms with E-state index >= 15 is 0 Å². The molecule has 1 rings (SSSR count). The minimum atomic E-state index is 0.465. The molecular weight excluding hydrogens is 158 g/mol. The molecule has 1 aliphatic carbocycles. The summed E-state index contributed by atoms with van der Waals surface area (Å²) in [7, 11) is 0. The Balaban J connectivity index is 2.17. The van der Waals surface area contributed by atoms with Gasteiger partial charge in [0, 0.05) is 5.54 Å². The van der Waals surface area contributed by atoms with Crippen LogP contribution in [-0.2, 0) is 0 Å². The van der Waals surface area contributed by atoms with Gasteiger partial charge in [-0.3, -0.25) is 0 Å². The first-order valence-electron chi connectivity index (χ1n) is 5.87. The van der Waals surface area contributed by atoms with E-state index < -0.39 is 0 Å². The second kappa shape index (κ2) is 4.99. The number of nitrogens with one attached hydrogen (secondary N) is 1. The lowest BCUT2D eigenvalue weighted by Crippen LogP contribution is -2.44. The van der Waals surface area contributed by atoms with Crippen molar-refractivity contribution in [2.45, 2.75) is 64.8 Å². The van der Waals surface area contributed by atoms with Gasteiger partial charge in [0.1, 0.15) is 0 Å². The molecule has 0 spiro atoms. The molecular formula is C12H25N. The Morgan fingerprint density at radius 1 is 1.15 bits per heavy atom. The highest BCUT2D eigenvalue weighted by molar-refractivity contribution is 4.85. The van der Waals surface area contributed by atoms with Crippen LogP contribution in [0.15, 0.2) is 0 Å². The molecule has 1 saturated carbocycles. The quantitative estimate of drug-likeness (QED) is 0.705. The van der Waals surface area contributed by atoms with Crippen LogP contribution in [0.25, 0.3) is 0 Å². The number of rotatable bonds is 4. The first kappa shape index (κ1) is 11.0. The van der Waals surface area contributed by atoms with Crippen LogP contribution in [0.3, 0.4) is 0 Å². The maximum absolute atomic E-state index is 3.73. The molecule has 0 saturated heterocycles. The molecule has 0 heterocycles. The van der Waals surface area contributed by atoms with E-state index in [1.54, 1.807) is 0 Å². The number of hydrogen-bond acceptors (Lipinski definition) is 1. The molecule has 0 amide bonds. The predicted molar refractivity (Wildman–Crippen MR) is 58.9 cm³/mol. The summed E-state index contributed by atoms with van der Waals surface area (Å²) in [5.41, 5.74) is 0.465. The smallest absolute Gasteiger partial charge is 0.0153 e. The Hall–Kier alpha value is -0.0400. The highest BCUT2D eigenvalue weighted by Crippen LogP contribution is 2.27. The Morgan fingerprint density at radius 3 is 2.31 bits per heavy atom. The van der Waals surface area contributed by atoms with Gasteiger partial charge in [-0.1, -0.05) is 33.1 Å². The summed E-state index contributed by atoms with van der Waals surface area (Å²) in [5, 5.41) is 3.73. The Bertz CT molecular complexity index is 134.